The zero-order chi connectivity index (χ0) is 14.5. The molecule has 0 heterocycles. The van der Waals surface area contributed by atoms with Gasteiger partial charge in [-0.3, -0.25) is 0 Å². The first-order chi connectivity index (χ1) is 8.86. The Kier molecular flexibility index (Phi) is 6.82. The fraction of sp³-hybridized carbons (Fsp3) is 1.00. The largest absolute Gasteiger partial charge is 0.313 e. The van der Waals surface area contributed by atoms with Crippen LogP contribution in [0.3, 0.4) is 0 Å². The van der Waals surface area contributed by atoms with E-state index in [1.165, 1.54) is 38.6 Å². The van der Waals surface area contributed by atoms with Crippen molar-refractivity contribution in [3.05, 3.63) is 0 Å². The molecule has 0 amide bonds. The molecule has 2 nitrogen and oxygen atoms in total. The van der Waals surface area contributed by atoms with Crippen molar-refractivity contribution < 1.29 is 0 Å². The minimum atomic E-state index is 0.359. The maximum absolute atomic E-state index is 3.75. The van der Waals surface area contributed by atoms with E-state index in [2.05, 4.69) is 51.9 Å². The van der Waals surface area contributed by atoms with Crippen molar-refractivity contribution in [2.75, 3.05) is 20.1 Å². The molecule has 1 saturated carbocycles. The fourth-order valence-electron chi connectivity index (χ4n) is 3.31. The van der Waals surface area contributed by atoms with Gasteiger partial charge >= 0.3 is 0 Å². The van der Waals surface area contributed by atoms with Crippen LogP contribution in [0.15, 0.2) is 0 Å². The number of hydrogen-bond acceptors (Lipinski definition) is 2. The lowest BCUT2D eigenvalue weighted by atomic mass is 9.82. The van der Waals surface area contributed by atoms with E-state index in [0.29, 0.717) is 17.5 Å². The summed E-state index contributed by atoms with van der Waals surface area (Å²) in [5.74, 6) is 0.892. The molecule has 19 heavy (non-hydrogen) atoms. The first-order valence-corrected chi connectivity index (χ1v) is 8.30. The van der Waals surface area contributed by atoms with Gasteiger partial charge in [0.25, 0.3) is 0 Å². The molecule has 1 aliphatic rings. The Morgan fingerprint density at radius 1 is 1.16 bits per heavy atom. The van der Waals surface area contributed by atoms with Gasteiger partial charge < -0.3 is 10.2 Å². The number of likely N-dealkylation sites (N-methyl/N-ethyl adjacent to an activating group) is 2. The highest BCUT2D eigenvalue weighted by atomic mass is 15.2. The third-order valence-corrected chi connectivity index (χ3v) is 5.08. The molecule has 0 aliphatic heterocycles. The van der Waals surface area contributed by atoms with E-state index in [4.69, 9.17) is 0 Å². The molecule has 0 spiro atoms. The van der Waals surface area contributed by atoms with E-state index >= 15 is 0 Å². The topological polar surface area (TPSA) is 15.3 Å². The van der Waals surface area contributed by atoms with Gasteiger partial charge in [-0.25, -0.2) is 0 Å². The van der Waals surface area contributed by atoms with Crippen LogP contribution in [0.5, 0.6) is 0 Å². The van der Waals surface area contributed by atoms with Crippen LogP contribution in [0.25, 0.3) is 0 Å². The standard InChI is InChI=1S/C17H36N2/c1-7-18-16(15-11-9-8-10-12-15)13-19(6)14(2)17(3,4)5/h14-16,18H,7-13H2,1-6H3. The van der Waals surface area contributed by atoms with E-state index < -0.39 is 0 Å². The highest BCUT2D eigenvalue weighted by Gasteiger charge is 2.28. The maximum atomic E-state index is 3.75. The average Bonchev–Trinajstić information content (AvgIpc) is 2.37. The molecule has 1 fully saturated rings. The highest BCUT2D eigenvalue weighted by Crippen LogP contribution is 2.28. The summed E-state index contributed by atoms with van der Waals surface area (Å²) in [4.78, 5) is 2.56. The average molecular weight is 268 g/mol. The molecule has 0 saturated heterocycles. The summed E-state index contributed by atoms with van der Waals surface area (Å²) in [7, 11) is 2.29. The van der Waals surface area contributed by atoms with Gasteiger partial charge in [-0.05, 0) is 44.7 Å². The summed E-state index contributed by atoms with van der Waals surface area (Å²) in [6.45, 7) is 13.9. The molecule has 1 aliphatic carbocycles. The summed E-state index contributed by atoms with van der Waals surface area (Å²) >= 11 is 0. The Hall–Kier alpha value is -0.0800. The Morgan fingerprint density at radius 3 is 2.21 bits per heavy atom. The lowest BCUT2D eigenvalue weighted by molar-refractivity contribution is 0.111. The van der Waals surface area contributed by atoms with Crippen LogP contribution in [0.2, 0.25) is 0 Å². The third kappa shape index (κ3) is 5.43. The smallest absolute Gasteiger partial charge is 0.0223 e. The number of nitrogens with zero attached hydrogens (tertiary/aromatic N) is 1. The highest BCUT2D eigenvalue weighted by molar-refractivity contribution is 4.85. The van der Waals surface area contributed by atoms with Crippen molar-refractivity contribution >= 4 is 0 Å². The summed E-state index contributed by atoms with van der Waals surface area (Å²) < 4.78 is 0. The monoisotopic (exact) mass is 268 g/mol. The maximum Gasteiger partial charge on any atom is 0.0223 e. The molecule has 0 aromatic rings. The van der Waals surface area contributed by atoms with Crippen LogP contribution in [-0.2, 0) is 0 Å². The Balaban J connectivity index is 2.56. The molecule has 2 heteroatoms. The van der Waals surface area contributed by atoms with Crippen molar-refractivity contribution in [1.29, 1.82) is 0 Å². The van der Waals surface area contributed by atoms with Gasteiger partial charge in [0.05, 0.1) is 0 Å². The van der Waals surface area contributed by atoms with E-state index in [9.17, 15) is 0 Å². The molecular formula is C17H36N2. The van der Waals surface area contributed by atoms with E-state index in [-0.39, 0.29) is 0 Å². The molecule has 0 radical (unpaired) electrons. The Morgan fingerprint density at radius 2 is 1.74 bits per heavy atom. The van der Waals surface area contributed by atoms with E-state index in [1.54, 1.807) is 0 Å². The van der Waals surface area contributed by atoms with Gasteiger partial charge in [-0.2, -0.15) is 0 Å². The molecule has 0 aromatic heterocycles. The Labute approximate surface area is 121 Å². The van der Waals surface area contributed by atoms with Crippen LogP contribution in [0, 0.1) is 11.3 Å². The second-order valence-electron chi connectivity index (χ2n) is 7.54. The van der Waals surface area contributed by atoms with Gasteiger partial charge in [-0.15, -0.1) is 0 Å². The normalized spacial score (nSPS) is 21.6. The van der Waals surface area contributed by atoms with Gasteiger partial charge in [0.1, 0.15) is 0 Å². The summed E-state index contributed by atoms with van der Waals surface area (Å²) in [5, 5.41) is 3.75. The van der Waals surface area contributed by atoms with Crippen LogP contribution in [0.1, 0.15) is 66.7 Å². The molecule has 1 rings (SSSR count). The van der Waals surface area contributed by atoms with Gasteiger partial charge in [-0.1, -0.05) is 47.0 Å². The summed E-state index contributed by atoms with van der Waals surface area (Å²) in [5.41, 5.74) is 0.359. The predicted octanol–water partition coefficient (Wildman–Crippen LogP) is 3.91. The summed E-state index contributed by atoms with van der Waals surface area (Å²) in [6.07, 6.45) is 7.17. The summed E-state index contributed by atoms with van der Waals surface area (Å²) in [6, 6.07) is 1.30. The van der Waals surface area contributed by atoms with Gasteiger partial charge in [0.15, 0.2) is 0 Å². The zero-order valence-electron chi connectivity index (χ0n) is 14.1. The van der Waals surface area contributed by atoms with Crippen molar-refractivity contribution in [3.8, 4) is 0 Å². The second-order valence-corrected chi connectivity index (χ2v) is 7.54. The molecule has 1 N–H and O–H groups in total. The third-order valence-electron chi connectivity index (χ3n) is 5.08. The SMILES string of the molecule is CCNC(CN(C)C(C)C(C)(C)C)C1CCCCC1. The van der Waals surface area contributed by atoms with Crippen LogP contribution in [0.4, 0.5) is 0 Å². The van der Waals surface area contributed by atoms with Crippen LogP contribution < -0.4 is 5.32 Å². The fourth-order valence-corrected chi connectivity index (χ4v) is 3.31. The van der Waals surface area contributed by atoms with Crippen LogP contribution >= 0.6 is 0 Å². The minimum Gasteiger partial charge on any atom is -0.313 e. The molecule has 114 valence electrons. The molecule has 2 atom stereocenters. The molecule has 0 bridgehead atoms. The Bertz CT molecular complexity index is 238. The lowest BCUT2D eigenvalue weighted by Crippen LogP contribution is -2.49. The van der Waals surface area contributed by atoms with Crippen molar-refractivity contribution in [1.82, 2.24) is 10.2 Å². The number of hydrogen-bond donors (Lipinski definition) is 1. The molecule has 2 unspecified atom stereocenters. The van der Waals surface area contributed by atoms with E-state index in [1.807, 2.05) is 0 Å². The quantitative estimate of drug-likeness (QED) is 0.785. The second kappa shape index (κ2) is 7.64. The van der Waals surface area contributed by atoms with Gasteiger partial charge in [0, 0.05) is 18.6 Å². The molecule has 0 aromatic carbocycles. The minimum absolute atomic E-state index is 0.359. The lowest BCUT2D eigenvalue weighted by Gasteiger charge is -2.40. The first kappa shape index (κ1) is 17.0. The first-order valence-electron chi connectivity index (χ1n) is 8.30. The van der Waals surface area contributed by atoms with Crippen molar-refractivity contribution in [2.45, 2.75) is 78.8 Å². The number of rotatable bonds is 6. The van der Waals surface area contributed by atoms with Crippen molar-refractivity contribution in [2.24, 2.45) is 11.3 Å². The van der Waals surface area contributed by atoms with Gasteiger partial charge in [0.2, 0.25) is 0 Å². The predicted molar refractivity (Wildman–Crippen MR) is 85.6 cm³/mol. The van der Waals surface area contributed by atoms with Crippen LogP contribution in [-0.4, -0.2) is 37.1 Å². The zero-order valence-corrected chi connectivity index (χ0v) is 14.1. The molecular weight excluding hydrogens is 232 g/mol. The van der Waals surface area contributed by atoms with Crippen molar-refractivity contribution in [3.63, 3.8) is 0 Å². The number of nitrogens with one attached hydrogen (secondary N) is 1. The van der Waals surface area contributed by atoms with E-state index in [0.717, 1.165) is 12.5 Å².